The summed E-state index contributed by atoms with van der Waals surface area (Å²) in [5.41, 5.74) is 4.71. The van der Waals surface area contributed by atoms with Crippen LogP contribution in [0.1, 0.15) is 10.5 Å². The number of hydrogen-bond donors (Lipinski definition) is 2. The third-order valence-electron chi connectivity index (χ3n) is 3.16. The van der Waals surface area contributed by atoms with E-state index in [1.807, 2.05) is 0 Å². The first-order valence-electron chi connectivity index (χ1n) is 7.08. The highest BCUT2D eigenvalue weighted by molar-refractivity contribution is 7.92. The van der Waals surface area contributed by atoms with Gasteiger partial charge in [0.25, 0.3) is 15.9 Å². The zero-order chi connectivity index (χ0) is 18.7. The van der Waals surface area contributed by atoms with Crippen LogP contribution < -0.4 is 10.5 Å². The van der Waals surface area contributed by atoms with Crippen LogP contribution in [0.25, 0.3) is 11.4 Å². The summed E-state index contributed by atoms with van der Waals surface area (Å²) in [7, 11) is -4.09. The van der Waals surface area contributed by atoms with Crippen molar-refractivity contribution < 1.29 is 17.6 Å². The molecule has 3 aromatic rings. The average molecular weight is 374 g/mol. The average Bonchev–Trinajstić information content (AvgIpc) is 2.62. The number of amides is 1. The molecule has 0 aliphatic heterocycles. The molecular formula is C15H11FN6O3S. The van der Waals surface area contributed by atoms with E-state index in [0.717, 1.165) is 12.3 Å². The first-order valence-corrected chi connectivity index (χ1v) is 8.57. The summed E-state index contributed by atoms with van der Waals surface area (Å²) in [5.74, 6) is -1.70. The fraction of sp³-hybridized carbons (Fsp3) is 0. The maximum atomic E-state index is 13.7. The highest BCUT2D eigenvalue weighted by Gasteiger charge is 2.18. The Balaban J connectivity index is 1.84. The summed E-state index contributed by atoms with van der Waals surface area (Å²) >= 11 is 0. The third kappa shape index (κ3) is 3.62. The molecule has 0 aromatic carbocycles. The van der Waals surface area contributed by atoms with Crippen molar-refractivity contribution >= 4 is 21.6 Å². The van der Waals surface area contributed by atoms with Crippen LogP contribution >= 0.6 is 0 Å². The fourth-order valence-electron chi connectivity index (χ4n) is 2.00. The van der Waals surface area contributed by atoms with Gasteiger partial charge < -0.3 is 5.73 Å². The molecule has 9 nitrogen and oxygen atoms in total. The minimum absolute atomic E-state index is 0.176. The topological polar surface area (TPSA) is 141 Å². The largest absolute Gasteiger partial charge is 0.364 e. The molecule has 0 radical (unpaired) electrons. The monoisotopic (exact) mass is 374 g/mol. The Morgan fingerprint density at radius 2 is 1.81 bits per heavy atom. The first kappa shape index (κ1) is 17.4. The molecule has 0 spiro atoms. The normalized spacial score (nSPS) is 11.1. The van der Waals surface area contributed by atoms with E-state index in [0.29, 0.717) is 11.4 Å². The van der Waals surface area contributed by atoms with Gasteiger partial charge in [0.2, 0.25) is 0 Å². The maximum Gasteiger partial charge on any atom is 0.279 e. The predicted octanol–water partition coefficient (Wildman–Crippen LogP) is 0.972. The van der Waals surface area contributed by atoms with Gasteiger partial charge in [0.05, 0.1) is 11.9 Å². The number of anilines is 1. The minimum atomic E-state index is -4.09. The Labute approximate surface area is 147 Å². The number of hydrogen-bond acceptors (Lipinski definition) is 7. The summed E-state index contributed by atoms with van der Waals surface area (Å²) in [4.78, 5) is 26.4. The SMILES string of the molecule is NC(=O)c1ncc(NS(=O)(=O)c2ccc(-c3ncccn3)cn2)cc1F. The maximum absolute atomic E-state index is 13.7. The summed E-state index contributed by atoms with van der Waals surface area (Å²) in [5, 5.41) is -0.295. The lowest BCUT2D eigenvalue weighted by atomic mass is 10.3. The molecule has 0 bridgehead atoms. The fourth-order valence-corrected chi connectivity index (χ4v) is 2.97. The van der Waals surface area contributed by atoms with Crippen molar-refractivity contribution in [2.45, 2.75) is 5.03 Å². The van der Waals surface area contributed by atoms with E-state index >= 15 is 0 Å². The molecule has 3 rings (SSSR count). The summed E-state index contributed by atoms with van der Waals surface area (Å²) in [6.45, 7) is 0. The number of rotatable bonds is 5. The van der Waals surface area contributed by atoms with Crippen LogP contribution in [0.4, 0.5) is 10.1 Å². The van der Waals surface area contributed by atoms with E-state index < -0.39 is 27.4 Å². The minimum Gasteiger partial charge on any atom is -0.364 e. The first-order chi connectivity index (χ1) is 12.4. The van der Waals surface area contributed by atoms with E-state index in [1.165, 1.54) is 18.3 Å². The Kier molecular flexibility index (Phi) is 4.54. The van der Waals surface area contributed by atoms with Crippen molar-refractivity contribution in [1.82, 2.24) is 19.9 Å². The van der Waals surface area contributed by atoms with Gasteiger partial charge in [0, 0.05) is 30.2 Å². The predicted molar refractivity (Wildman–Crippen MR) is 88.8 cm³/mol. The lowest BCUT2D eigenvalue weighted by molar-refractivity contribution is 0.0991. The van der Waals surface area contributed by atoms with Gasteiger partial charge in [-0.25, -0.2) is 24.3 Å². The van der Waals surface area contributed by atoms with Crippen molar-refractivity contribution in [1.29, 1.82) is 0 Å². The quantitative estimate of drug-likeness (QED) is 0.678. The number of nitrogens with two attached hydrogens (primary N) is 1. The van der Waals surface area contributed by atoms with Gasteiger partial charge >= 0.3 is 0 Å². The van der Waals surface area contributed by atoms with E-state index in [1.54, 1.807) is 18.5 Å². The smallest absolute Gasteiger partial charge is 0.279 e. The summed E-state index contributed by atoms with van der Waals surface area (Å²) < 4.78 is 40.5. The lowest BCUT2D eigenvalue weighted by Crippen LogP contribution is -2.18. The van der Waals surface area contributed by atoms with E-state index in [4.69, 9.17) is 5.73 Å². The Bertz CT molecular complexity index is 1060. The second-order valence-corrected chi connectivity index (χ2v) is 6.61. The van der Waals surface area contributed by atoms with Gasteiger partial charge in [0.15, 0.2) is 22.4 Å². The van der Waals surface area contributed by atoms with Crippen molar-refractivity contribution in [3.63, 3.8) is 0 Å². The zero-order valence-electron chi connectivity index (χ0n) is 13.0. The molecule has 26 heavy (non-hydrogen) atoms. The molecule has 0 unspecified atom stereocenters. The second kappa shape index (κ2) is 6.80. The van der Waals surface area contributed by atoms with Crippen LogP contribution in [0.2, 0.25) is 0 Å². The van der Waals surface area contributed by atoms with Crippen molar-refractivity contribution in [3.05, 3.63) is 60.6 Å². The number of carbonyl (C=O) groups is 1. The van der Waals surface area contributed by atoms with Crippen LogP contribution in [-0.4, -0.2) is 34.3 Å². The highest BCUT2D eigenvalue weighted by Crippen LogP contribution is 2.18. The number of sulfonamides is 1. The number of pyridine rings is 2. The molecule has 11 heteroatoms. The van der Waals surface area contributed by atoms with Crippen LogP contribution in [0, 0.1) is 5.82 Å². The van der Waals surface area contributed by atoms with Gasteiger partial charge in [-0.3, -0.25) is 9.52 Å². The molecule has 132 valence electrons. The van der Waals surface area contributed by atoms with Crippen LogP contribution in [0.5, 0.6) is 0 Å². The van der Waals surface area contributed by atoms with E-state index in [9.17, 15) is 17.6 Å². The molecule has 0 aliphatic carbocycles. The molecular weight excluding hydrogens is 363 g/mol. The van der Waals surface area contributed by atoms with Gasteiger partial charge in [-0.05, 0) is 18.2 Å². The van der Waals surface area contributed by atoms with Crippen molar-refractivity contribution in [3.8, 4) is 11.4 Å². The van der Waals surface area contributed by atoms with Crippen molar-refractivity contribution in [2.24, 2.45) is 5.73 Å². The standard InChI is InChI=1S/C15H11FN6O3S/c16-11-6-10(8-21-13(11)14(17)23)22-26(24,25)12-3-2-9(7-20-12)15-18-4-1-5-19-15/h1-8,22H,(H2,17,23). The Hall–Kier alpha value is -3.47. The van der Waals surface area contributed by atoms with Crippen LogP contribution in [0.3, 0.4) is 0 Å². The van der Waals surface area contributed by atoms with E-state index in [-0.39, 0.29) is 10.7 Å². The molecule has 3 N–H and O–H groups in total. The third-order valence-corrected chi connectivity index (χ3v) is 4.46. The molecule has 1 amide bonds. The van der Waals surface area contributed by atoms with E-state index in [2.05, 4.69) is 24.7 Å². The summed E-state index contributed by atoms with van der Waals surface area (Å²) in [6, 6.07) is 5.20. The van der Waals surface area contributed by atoms with Crippen LogP contribution in [0.15, 0.2) is 54.1 Å². The van der Waals surface area contributed by atoms with Gasteiger partial charge in [-0.1, -0.05) is 0 Å². The molecule has 0 aliphatic rings. The molecule has 3 heterocycles. The van der Waals surface area contributed by atoms with Gasteiger partial charge in [-0.2, -0.15) is 8.42 Å². The second-order valence-electron chi connectivity index (χ2n) is 4.98. The number of carbonyl (C=O) groups excluding carboxylic acids is 1. The Morgan fingerprint density at radius 3 is 2.38 bits per heavy atom. The van der Waals surface area contributed by atoms with Gasteiger partial charge in [-0.15, -0.1) is 0 Å². The number of primary amides is 1. The lowest BCUT2D eigenvalue weighted by Gasteiger charge is -2.08. The van der Waals surface area contributed by atoms with Gasteiger partial charge in [0.1, 0.15) is 0 Å². The van der Waals surface area contributed by atoms with Crippen LogP contribution in [-0.2, 0) is 10.0 Å². The number of nitrogens with zero attached hydrogens (tertiary/aromatic N) is 4. The molecule has 3 aromatic heterocycles. The zero-order valence-corrected chi connectivity index (χ0v) is 13.8. The molecule has 0 saturated carbocycles. The molecule has 0 saturated heterocycles. The highest BCUT2D eigenvalue weighted by atomic mass is 32.2. The van der Waals surface area contributed by atoms with Crippen molar-refractivity contribution in [2.75, 3.05) is 4.72 Å². The molecule has 0 atom stereocenters. The number of halogens is 1. The number of nitrogens with one attached hydrogen (secondary N) is 1. The Morgan fingerprint density at radius 1 is 1.08 bits per heavy atom. The number of aromatic nitrogens is 4. The summed E-state index contributed by atoms with van der Waals surface area (Å²) in [6.07, 6.45) is 5.38. The molecule has 0 fully saturated rings.